The van der Waals surface area contributed by atoms with Gasteiger partial charge in [-0.25, -0.2) is 4.98 Å². The van der Waals surface area contributed by atoms with Gasteiger partial charge in [0, 0.05) is 63.3 Å². The minimum absolute atomic E-state index is 0.0440. The number of carbonyl (C=O) groups is 3. The summed E-state index contributed by atoms with van der Waals surface area (Å²) in [5.74, 6) is 0.538. The molecule has 10 nitrogen and oxygen atoms in total. The molecule has 0 radical (unpaired) electrons. The molecule has 0 saturated carbocycles. The fourth-order valence-corrected chi connectivity index (χ4v) is 5.50. The van der Waals surface area contributed by atoms with Crippen LogP contribution in [0.4, 0.5) is 17.1 Å². The number of hydrogen-bond donors (Lipinski definition) is 1. The molecule has 1 N–H and O–H groups in total. The molecule has 2 heterocycles. The van der Waals surface area contributed by atoms with Crippen LogP contribution in [0.5, 0.6) is 0 Å². The van der Waals surface area contributed by atoms with Gasteiger partial charge < -0.3 is 29.5 Å². The number of nitrogens with one attached hydrogen (secondary N) is 1. The fourth-order valence-electron chi connectivity index (χ4n) is 5.50. The summed E-state index contributed by atoms with van der Waals surface area (Å²) in [5, 5.41) is 2.97. The van der Waals surface area contributed by atoms with Gasteiger partial charge in [0.2, 0.25) is 5.91 Å². The Labute approximate surface area is 264 Å². The van der Waals surface area contributed by atoms with Crippen LogP contribution in [-0.4, -0.2) is 90.9 Å². The van der Waals surface area contributed by atoms with Crippen molar-refractivity contribution in [3.05, 3.63) is 102 Å². The SMILES string of the molecule is CCc1nccn1-c1ccccc1C(=O)Nc1ccc(C(=O)N2CCCN(CC(=O)N(C)CCN(C)C)c3ccccc32)cc1. The Morgan fingerprint density at radius 3 is 2.24 bits per heavy atom. The first-order valence-electron chi connectivity index (χ1n) is 15.3. The molecule has 0 bridgehead atoms. The highest BCUT2D eigenvalue weighted by Gasteiger charge is 2.27. The van der Waals surface area contributed by atoms with Crippen molar-refractivity contribution in [3.8, 4) is 5.69 Å². The van der Waals surface area contributed by atoms with Crippen molar-refractivity contribution >= 4 is 34.8 Å². The van der Waals surface area contributed by atoms with Crippen LogP contribution in [-0.2, 0) is 11.2 Å². The van der Waals surface area contributed by atoms with Gasteiger partial charge in [0.05, 0.1) is 29.2 Å². The molecule has 0 spiro atoms. The van der Waals surface area contributed by atoms with E-state index in [4.69, 9.17) is 0 Å². The van der Waals surface area contributed by atoms with E-state index in [2.05, 4.69) is 20.1 Å². The van der Waals surface area contributed by atoms with Crippen LogP contribution in [0, 0.1) is 0 Å². The van der Waals surface area contributed by atoms with Gasteiger partial charge in [-0.2, -0.15) is 0 Å². The largest absolute Gasteiger partial charge is 0.360 e. The summed E-state index contributed by atoms with van der Waals surface area (Å²) in [4.78, 5) is 52.3. The number of hydrogen-bond acceptors (Lipinski definition) is 6. The Hall–Kier alpha value is -4.96. The van der Waals surface area contributed by atoms with Crippen LogP contribution < -0.4 is 15.1 Å². The van der Waals surface area contributed by atoms with Crippen molar-refractivity contribution in [1.82, 2.24) is 19.4 Å². The maximum Gasteiger partial charge on any atom is 0.258 e. The first-order chi connectivity index (χ1) is 21.8. The zero-order chi connectivity index (χ0) is 31.9. The van der Waals surface area contributed by atoms with Gasteiger partial charge in [-0.15, -0.1) is 0 Å². The Kier molecular flexibility index (Phi) is 9.94. The number of imidazole rings is 1. The minimum Gasteiger partial charge on any atom is -0.360 e. The zero-order valence-electron chi connectivity index (χ0n) is 26.4. The molecule has 1 aromatic heterocycles. The molecule has 3 aromatic carbocycles. The maximum absolute atomic E-state index is 13.8. The fraction of sp³-hybridized carbons (Fsp3) is 0.314. The van der Waals surface area contributed by atoms with Crippen molar-refractivity contribution in [2.75, 3.05) is 69.0 Å². The van der Waals surface area contributed by atoms with E-state index < -0.39 is 0 Å². The monoisotopic (exact) mass is 607 g/mol. The summed E-state index contributed by atoms with van der Waals surface area (Å²) in [6, 6.07) is 22.2. The first kappa shape index (κ1) is 31.5. The van der Waals surface area contributed by atoms with Gasteiger partial charge in [-0.1, -0.05) is 31.2 Å². The van der Waals surface area contributed by atoms with Crippen LogP contribution in [0.1, 0.15) is 39.9 Å². The molecule has 10 heteroatoms. The van der Waals surface area contributed by atoms with Crippen molar-refractivity contribution < 1.29 is 14.4 Å². The number of nitrogens with zero attached hydrogens (tertiary/aromatic N) is 6. The highest BCUT2D eigenvalue weighted by molar-refractivity contribution is 6.09. The summed E-state index contributed by atoms with van der Waals surface area (Å²) in [6.07, 6.45) is 5.05. The topological polar surface area (TPSA) is 94.0 Å². The number of likely N-dealkylation sites (N-methyl/N-ethyl adjacent to an activating group) is 2. The molecule has 0 fully saturated rings. The molecular weight excluding hydrogens is 566 g/mol. The number of rotatable bonds is 10. The Bertz CT molecular complexity index is 1650. The molecule has 1 aliphatic rings. The highest BCUT2D eigenvalue weighted by Crippen LogP contribution is 2.33. The summed E-state index contributed by atoms with van der Waals surface area (Å²) >= 11 is 0. The number of benzene rings is 3. The predicted octanol–water partition coefficient (Wildman–Crippen LogP) is 4.56. The number of fused-ring (bicyclic) bond motifs is 1. The van der Waals surface area contributed by atoms with Crippen molar-refractivity contribution in [2.45, 2.75) is 19.8 Å². The van der Waals surface area contributed by atoms with Crippen molar-refractivity contribution in [1.29, 1.82) is 0 Å². The molecular formula is C35H41N7O3. The van der Waals surface area contributed by atoms with E-state index in [1.807, 2.05) is 81.3 Å². The molecule has 3 amide bonds. The van der Waals surface area contributed by atoms with E-state index in [1.165, 1.54) is 0 Å². The van der Waals surface area contributed by atoms with Gasteiger partial charge >= 0.3 is 0 Å². The van der Waals surface area contributed by atoms with Gasteiger partial charge in [0.1, 0.15) is 5.82 Å². The van der Waals surface area contributed by atoms with Crippen LogP contribution >= 0.6 is 0 Å². The normalized spacial score (nSPS) is 12.9. The van der Waals surface area contributed by atoms with Crippen LogP contribution in [0.2, 0.25) is 0 Å². The van der Waals surface area contributed by atoms with E-state index >= 15 is 0 Å². The summed E-state index contributed by atoms with van der Waals surface area (Å²) in [6.45, 7) is 4.92. The number of aromatic nitrogens is 2. The standard InChI is InChI=1S/C35H41N7O3/c1-5-32-36-19-22-41(32)29-12-7-6-11-28(29)34(44)37-27-17-15-26(16-18-27)35(45)42-21-10-20-40(30-13-8-9-14-31(30)42)25-33(43)39(4)24-23-38(2)3/h6-9,11-19,22H,5,10,20-21,23-25H2,1-4H3,(H,37,44). The third-order valence-corrected chi connectivity index (χ3v) is 8.03. The molecule has 0 unspecified atom stereocenters. The van der Waals surface area contributed by atoms with E-state index in [9.17, 15) is 14.4 Å². The number of amides is 3. The average Bonchev–Trinajstić information content (AvgIpc) is 3.46. The van der Waals surface area contributed by atoms with Crippen LogP contribution in [0.3, 0.4) is 0 Å². The predicted molar refractivity (Wildman–Crippen MR) is 178 cm³/mol. The Morgan fingerprint density at radius 1 is 0.844 bits per heavy atom. The lowest BCUT2D eigenvalue weighted by molar-refractivity contribution is -0.128. The van der Waals surface area contributed by atoms with Gasteiger partial charge in [-0.05, 0) is 69.0 Å². The quantitative estimate of drug-likeness (QED) is 0.284. The van der Waals surface area contributed by atoms with Gasteiger partial charge in [0.15, 0.2) is 0 Å². The summed E-state index contributed by atoms with van der Waals surface area (Å²) in [5.41, 5.74) is 4.03. The van der Waals surface area contributed by atoms with E-state index in [0.29, 0.717) is 36.4 Å². The molecule has 234 valence electrons. The highest BCUT2D eigenvalue weighted by atomic mass is 16.2. The maximum atomic E-state index is 13.8. The smallest absolute Gasteiger partial charge is 0.258 e. The lowest BCUT2D eigenvalue weighted by Gasteiger charge is -2.28. The van der Waals surface area contributed by atoms with E-state index in [-0.39, 0.29) is 24.3 Å². The molecule has 0 atom stereocenters. The summed E-state index contributed by atoms with van der Waals surface area (Å²) < 4.78 is 1.93. The summed E-state index contributed by atoms with van der Waals surface area (Å²) in [7, 11) is 5.81. The third-order valence-electron chi connectivity index (χ3n) is 8.03. The molecule has 0 saturated heterocycles. The zero-order valence-corrected chi connectivity index (χ0v) is 26.4. The lowest BCUT2D eigenvalue weighted by atomic mass is 10.1. The van der Waals surface area contributed by atoms with E-state index in [1.54, 1.807) is 46.3 Å². The molecule has 4 aromatic rings. The van der Waals surface area contributed by atoms with Gasteiger partial charge in [0.25, 0.3) is 11.8 Å². The average molecular weight is 608 g/mol. The number of aryl methyl sites for hydroxylation is 1. The number of carbonyl (C=O) groups excluding carboxylic acids is 3. The molecule has 1 aliphatic heterocycles. The second-order valence-electron chi connectivity index (χ2n) is 11.5. The van der Waals surface area contributed by atoms with E-state index in [0.717, 1.165) is 42.3 Å². The van der Waals surface area contributed by atoms with Crippen molar-refractivity contribution in [3.63, 3.8) is 0 Å². The molecule has 5 rings (SSSR count). The van der Waals surface area contributed by atoms with Crippen LogP contribution in [0.25, 0.3) is 5.69 Å². The van der Waals surface area contributed by atoms with Gasteiger partial charge in [-0.3, -0.25) is 14.4 Å². The van der Waals surface area contributed by atoms with Crippen LogP contribution in [0.15, 0.2) is 85.2 Å². The molecule has 0 aliphatic carbocycles. The minimum atomic E-state index is -0.246. The lowest BCUT2D eigenvalue weighted by Crippen LogP contribution is -2.41. The third kappa shape index (κ3) is 7.24. The Balaban J connectivity index is 1.30. The second kappa shape index (κ2) is 14.2. The number of para-hydroxylation sites is 3. The second-order valence-corrected chi connectivity index (χ2v) is 11.5. The molecule has 45 heavy (non-hydrogen) atoms. The van der Waals surface area contributed by atoms with Crippen molar-refractivity contribution in [2.24, 2.45) is 0 Å². The number of anilines is 3. The first-order valence-corrected chi connectivity index (χ1v) is 15.3. The Morgan fingerprint density at radius 2 is 1.53 bits per heavy atom.